The van der Waals surface area contributed by atoms with Gasteiger partial charge >= 0.3 is 0 Å². The molecule has 0 radical (unpaired) electrons. The fourth-order valence-corrected chi connectivity index (χ4v) is 4.59. The van der Waals surface area contributed by atoms with Gasteiger partial charge in [-0.25, -0.2) is 4.98 Å². The van der Waals surface area contributed by atoms with Gasteiger partial charge in [0.15, 0.2) is 0 Å². The van der Waals surface area contributed by atoms with E-state index in [4.69, 9.17) is 9.72 Å². The Kier molecular flexibility index (Phi) is 6.60. The first kappa shape index (κ1) is 20.1. The number of rotatable bonds is 7. The molecule has 4 nitrogen and oxygen atoms in total. The molecule has 4 rings (SSSR count). The van der Waals surface area contributed by atoms with Crippen molar-refractivity contribution in [3.63, 3.8) is 0 Å². The highest BCUT2D eigenvalue weighted by Crippen LogP contribution is 2.26. The van der Waals surface area contributed by atoms with Gasteiger partial charge in [0.25, 0.3) is 0 Å². The van der Waals surface area contributed by atoms with Gasteiger partial charge in [-0.2, -0.15) is 0 Å². The van der Waals surface area contributed by atoms with Gasteiger partial charge in [-0.15, -0.1) is 11.3 Å². The van der Waals surface area contributed by atoms with Gasteiger partial charge in [0.05, 0.1) is 18.9 Å². The number of benzene rings is 2. The average molecular weight is 408 g/mol. The summed E-state index contributed by atoms with van der Waals surface area (Å²) in [6.07, 6.45) is 1.07. The summed E-state index contributed by atoms with van der Waals surface area (Å²) in [4.78, 5) is 9.66. The van der Waals surface area contributed by atoms with Crippen LogP contribution in [0.3, 0.4) is 0 Å². The SMILES string of the molecule is CCc1ccc(-c2nc(CN(C)Cc3ccccc3N3CCOCC3)cs2)cc1. The minimum atomic E-state index is 0.811. The lowest BCUT2D eigenvalue weighted by atomic mass is 10.1. The van der Waals surface area contributed by atoms with Crippen molar-refractivity contribution in [1.29, 1.82) is 0 Å². The highest BCUT2D eigenvalue weighted by Gasteiger charge is 2.16. The predicted molar refractivity (Wildman–Crippen MR) is 122 cm³/mol. The molecule has 0 spiro atoms. The normalized spacial score (nSPS) is 14.5. The van der Waals surface area contributed by atoms with Crippen molar-refractivity contribution in [2.24, 2.45) is 0 Å². The first-order chi connectivity index (χ1) is 14.2. The third-order valence-corrected chi connectivity index (χ3v) is 6.32. The Morgan fingerprint density at radius 3 is 2.55 bits per heavy atom. The largest absolute Gasteiger partial charge is 0.378 e. The summed E-state index contributed by atoms with van der Waals surface area (Å²) in [6.45, 7) is 7.49. The van der Waals surface area contributed by atoms with Crippen LogP contribution in [-0.2, 0) is 24.2 Å². The van der Waals surface area contributed by atoms with E-state index in [1.165, 1.54) is 22.4 Å². The summed E-state index contributed by atoms with van der Waals surface area (Å²) in [5.74, 6) is 0. The maximum Gasteiger partial charge on any atom is 0.123 e. The zero-order valence-corrected chi connectivity index (χ0v) is 18.1. The van der Waals surface area contributed by atoms with Gasteiger partial charge in [-0.05, 0) is 30.7 Å². The molecule has 0 N–H and O–H groups in total. The number of aromatic nitrogens is 1. The molecular formula is C24H29N3OS. The molecular weight excluding hydrogens is 378 g/mol. The quantitative estimate of drug-likeness (QED) is 0.560. The van der Waals surface area contributed by atoms with E-state index in [1.54, 1.807) is 11.3 Å². The Bertz CT molecular complexity index is 916. The molecule has 0 unspecified atom stereocenters. The molecule has 0 saturated carbocycles. The van der Waals surface area contributed by atoms with Crippen LogP contribution in [0.1, 0.15) is 23.7 Å². The Hall–Kier alpha value is -2.21. The Morgan fingerprint density at radius 1 is 1.03 bits per heavy atom. The maximum atomic E-state index is 5.51. The average Bonchev–Trinajstić information content (AvgIpc) is 3.23. The van der Waals surface area contributed by atoms with E-state index >= 15 is 0 Å². The molecule has 1 aromatic heterocycles. The first-order valence-corrected chi connectivity index (χ1v) is 11.2. The minimum absolute atomic E-state index is 0.811. The van der Waals surface area contributed by atoms with Crippen molar-refractivity contribution in [3.05, 3.63) is 70.7 Å². The number of hydrogen-bond acceptors (Lipinski definition) is 5. The van der Waals surface area contributed by atoms with Crippen LogP contribution in [0.15, 0.2) is 53.9 Å². The molecule has 152 valence electrons. The van der Waals surface area contributed by atoms with Crippen LogP contribution >= 0.6 is 11.3 Å². The number of anilines is 1. The van der Waals surface area contributed by atoms with Crippen LogP contribution in [0.2, 0.25) is 0 Å². The molecule has 1 fully saturated rings. The van der Waals surface area contributed by atoms with Crippen molar-refractivity contribution in [3.8, 4) is 10.6 Å². The van der Waals surface area contributed by atoms with E-state index < -0.39 is 0 Å². The second-order valence-corrected chi connectivity index (χ2v) is 8.45. The van der Waals surface area contributed by atoms with Gasteiger partial charge in [-0.3, -0.25) is 4.90 Å². The van der Waals surface area contributed by atoms with Gasteiger partial charge in [0.1, 0.15) is 5.01 Å². The number of para-hydroxylation sites is 1. The van der Waals surface area contributed by atoms with Crippen LogP contribution in [0, 0.1) is 0 Å². The predicted octanol–water partition coefficient (Wildman–Crippen LogP) is 4.84. The van der Waals surface area contributed by atoms with E-state index in [2.05, 4.69) is 77.7 Å². The molecule has 1 aliphatic rings. The van der Waals surface area contributed by atoms with Gasteiger partial charge in [0.2, 0.25) is 0 Å². The van der Waals surface area contributed by atoms with Crippen LogP contribution in [0.4, 0.5) is 5.69 Å². The molecule has 2 aromatic carbocycles. The highest BCUT2D eigenvalue weighted by molar-refractivity contribution is 7.13. The van der Waals surface area contributed by atoms with Crippen molar-refractivity contribution in [1.82, 2.24) is 9.88 Å². The molecule has 1 aliphatic heterocycles. The summed E-state index contributed by atoms with van der Waals surface area (Å²) in [7, 11) is 2.17. The van der Waals surface area contributed by atoms with E-state index in [0.717, 1.165) is 56.5 Å². The Balaban J connectivity index is 1.41. The van der Waals surface area contributed by atoms with Crippen molar-refractivity contribution < 1.29 is 4.74 Å². The summed E-state index contributed by atoms with van der Waals surface area (Å²) >= 11 is 1.73. The summed E-state index contributed by atoms with van der Waals surface area (Å²) < 4.78 is 5.51. The lowest BCUT2D eigenvalue weighted by Gasteiger charge is -2.31. The summed E-state index contributed by atoms with van der Waals surface area (Å²) in [6, 6.07) is 17.5. The van der Waals surface area contributed by atoms with Crippen molar-refractivity contribution >= 4 is 17.0 Å². The topological polar surface area (TPSA) is 28.6 Å². The third-order valence-electron chi connectivity index (χ3n) is 5.38. The number of morpholine rings is 1. The molecule has 0 amide bonds. The Morgan fingerprint density at radius 2 is 1.79 bits per heavy atom. The zero-order valence-electron chi connectivity index (χ0n) is 17.3. The minimum Gasteiger partial charge on any atom is -0.378 e. The number of nitrogens with zero attached hydrogens (tertiary/aromatic N) is 3. The van der Waals surface area contributed by atoms with Gasteiger partial charge in [0, 0.05) is 42.8 Å². The first-order valence-electron chi connectivity index (χ1n) is 10.4. The fourth-order valence-electron chi connectivity index (χ4n) is 3.78. The lowest BCUT2D eigenvalue weighted by Crippen LogP contribution is -2.37. The summed E-state index contributed by atoms with van der Waals surface area (Å²) in [5.41, 5.74) is 6.40. The second-order valence-electron chi connectivity index (χ2n) is 7.59. The molecule has 1 saturated heterocycles. The lowest BCUT2D eigenvalue weighted by molar-refractivity contribution is 0.122. The van der Waals surface area contributed by atoms with Crippen molar-refractivity contribution in [2.45, 2.75) is 26.4 Å². The van der Waals surface area contributed by atoms with Gasteiger partial charge < -0.3 is 9.64 Å². The van der Waals surface area contributed by atoms with Gasteiger partial charge in [-0.1, -0.05) is 49.4 Å². The molecule has 0 atom stereocenters. The number of ether oxygens (including phenoxy) is 1. The number of thiazole rings is 1. The zero-order chi connectivity index (χ0) is 20.1. The molecule has 2 heterocycles. The molecule has 29 heavy (non-hydrogen) atoms. The van der Waals surface area contributed by atoms with E-state index in [0.29, 0.717) is 0 Å². The van der Waals surface area contributed by atoms with E-state index in [9.17, 15) is 0 Å². The molecule has 0 bridgehead atoms. The summed E-state index contributed by atoms with van der Waals surface area (Å²) in [5, 5.41) is 3.29. The fraction of sp³-hybridized carbons (Fsp3) is 0.375. The smallest absolute Gasteiger partial charge is 0.123 e. The van der Waals surface area contributed by atoms with Crippen LogP contribution in [0.25, 0.3) is 10.6 Å². The van der Waals surface area contributed by atoms with E-state index in [-0.39, 0.29) is 0 Å². The molecule has 5 heteroatoms. The number of aryl methyl sites for hydroxylation is 1. The molecule has 0 aliphatic carbocycles. The van der Waals surface area contributed by atoms with E-state index in [1.807, 2.05) is 0 Å². The van der Waals surface area contributed by atoms with Crippen LogP contribution in [-0.4, -0.2) is 43.2 Å². The second kappa shape index (κ2) is 9.53. The van der Waals surface area contributed by atoms with Crippen molar-refractivity contribution in [2.75, 3.05) is 38.3 Å². The third kappa shape index (κ3) is 5.04. The van der Waals surface area contributed by atoms with Crippen LogP contribution in [0.5, 0.6) is 0 Å². The monoisotopic (exact) mass is 407 g/mol. The van der Waals surface area contributed by atoms with Crippen LogP contribution < -0.4 is 4.90 Å². The highest BCUT2D eigenvalue weighted by atomic mass is 32.1. The molecule has 3 aromatic rings. The maximum absolute atomic E-state index is 5.51. The number of hydrogen-bond donors (Lipinski definition) is 0. The Labute approximate surface area is 177 Å². The standard InChI is InChI=1S/C24H29N3OS/c1-3-19-8-10-20(11-9-19)24-25-22(18-29-24)17-26(2)16-21-6-4-5-7-23(21)27-12-14-28-15-13-27/h4-11,18H,3,12-17H2,1-2H3.